The maximum absolute atomic E-state index is 14.2. The molecule has 1 aromatic rings. The summed E-state index contributed by atoms with van der Waals surface area (Å²) in [4.78, 5) is 50.6. The number of carboxylic acids is 2. The first kappa shape index (κ1) is 36.6. The first-order chi connectivity index (χ1) is 23.3. The maximum Gasteiger partial charge on any atom is 0.339 e. The number of allylic oxidation sites excluding steroid dienone is 2. The van der Waals surface area contributed by atoms with Gasteiger partial charge in [0.15, 0.2) is 0 Å². The number of esters is 1. The molecule has 0 bridgehead atoms. The number of carbonyl (C=O) groups excluding carboxylic acids is 2. The van der Waals surface area contributed by atoms with Gasteiger partial charge < -0.3 is 20.3 Å². The second-order valence-electron chi connectivity index (χ2n) is 18.7. The van der Waals surface area contributed by atoms with Crippen LogP contribution in [0.5, 0.6) is 0 Å². The third-order valence-corrected chi connectivity index (χ3v) is 15.5. The molecule has 8 heteroatoms. The molecular formula is C42H59NO7. The van der Waals surface area contributed by atoms with E-state index in [0.29, 0.717) is 24.8 Å². The van der Waals surface area contributed by atoms with Crippen LogP contribution in [0.25, 0.3) is 0 Å². The van der Waals surface area contributed by atoms with Crippen molar-refractivity contribution in [1.29, 1.82) is 0 Å². The predicted molar refractivity (Wildman–Crippen MR) is 192 cm³/mol. The number of hydrogen-bond acceptors (Lipinski definition) is 5. The molecule has 4 fully saturated rings. The van der Waals surface area contributed by atoms with Gasteiger partial charge in [0.2, 0.25) is 5.91 Å². The lowest BCUT2D eigenvalue weighted by atomic mass is 9.33. The van der Waals surface area contributed by atoms with Crippen molar-refractivity contribution >= 4 is 23.8 Å². The Bertz CT molecular complexity index is 1590. The molecular weight excluding hydrogens is 630 g/mol. The molecule has 8 atom stereocenters. The van der Waals surface area contributed by atoms with Crippen LogP contribution in [-0.2, 0) is 14.3 Å². The van der Waals surface area contributed by atoms with Gasteiger partial charge in [0.05, 0.1) is 16.5 Å². The average molecular weight is 690 g/mol. The highest BCUT2D eigenvalue weighted by Crippen LogP contribution is 2.76. The summed E-state index contributed by atoms with van der Waals surface area (Å²) in [6.07, 6.45) is 12.2. The van der Waals surface area contributed by atoms with E-state index in [1.807, 2.05) is 0 Å². The molecule has 5 aliphatic carbocycles. The Kier molecular flexibility index (Phi) is 9.16. The summed E-state index contributed by atoms with van der Waals surface area (Å²) in [6, 6.07) is 6.30. The number of amides is 1. The highest BCUT2D eigenvalue weighted by Gasteiger charge is 2.69. The van der Waals surface area contributed by atoms with Crippen LogP contribution in [-0.4, -0.2) is 46.7 Å². The lowest BCUT2D eigenvalue weighted by Crippen LogP contribution is -2.65. The number of rotatable bonds is 8. The van der Waals surface area contributed by atoms with Gasteiger partial charge in [0.1, 0.15) is 6.10 Å². The Labute approximate surface area is 298 Å². The van der Waals surface area contributed by atoms with Crippen LogP contribution in [0.3, 0.4) is 0 Å². The number of benzene rings is 1. The van der Waals surface area contributed by atoms with Gasteiger partial charge in [-0.3, -0.25) is 9.59 Å². The summed E-state index contributed by atoms with van der Waals surface area (Å²) < 4.78 is 6.22. The monoisotopic (exact) mass is 689 g/mol. The number of carboxylic acid groups (broad SMARTS) is 2. The van der Waals surface area contributed by atoms with Crippen LogP contribution in [0.4, 0.5) is 0 Å². The van der Waals surface area contributed by atoms with Crippen LogP contribution >= 0.6 is 0 Å². The van der Waals surface area contributed by atoms with E-state index in [1.54, 1.807) is 18.2 Å². The van der Waals surface area contributed by atoms with E-state index >= 15 is 0 Å². The maximum atomic E-state index is 14.2. The molecule has 0 aliphatic heterocycles. The minimum Gasteiger partial charge on any atom is -0.481 e. The van der Waals surface area contributed by atoms with Crippen molar-refractivity contribution in [1.82, 2.24) is 5.32 Å². The van der Waals surface area contributed by atoms with Crippen molar-refractivity contribution in [3.63, 3.8) is 0 Å². The van der Waals surface area contributed by atoms with Crippen molar-refractivity contribution in [3.05, 3.63) is 47.0 Å². The number of carbonyl (C=O) groups is 4. The van der Waals surface area contributed by atoms with Gasteiger partial charge in [-0.25, -0.2) is 9.59 Å². The van der Waals surface area contributed by atoms with Crippen molar-refractivity contribution in [3.8, 4) is 0 Å². The zero-order valence-electron chi connectivity index (χ0n) is 31.3. The van der Waals surface area contributed by atoms with E-state index in [0.717, 1.165) is 64.2 Å². The van der Waals surface area contributed by atoms with Gasteiger partial charge in [-0.1, -0.05) is 72.2 Å². The van der Waals surface area contributed by atoms with Crippen LogP contribution in [0, 0.1) is 50.2 Å². The molecule has 8 nitrogen and oxygen atoms in total. The normalized spacial score (nSPS) is 38.2. The molecule has 0 aromatic heterocycles. The Morgan fingerprint density at radius 2 is 1.52 bits per heavy atom. The Morgan fingerprint density at radius 1 is 0.840 bits per heavy atom. The van der Waals surface area contributed by atoms with Crippen molar-refractivity contribution in [2.24, 2.45) is 50.2 Å². The second-order valence-corrected chi connectivity index (χ2v) is 18.7. The fraction of sp³-hybridized carbons (Fsp3) is 0.714. The number of aliphatic carboxylic acids is 1. The summed E-state index contributed by atoms with van der Waals surface area (Å²) in [5, 5.41) is 22.0. The molecule has 50 heavy (non-hydrogen) atoms. The SMILES string of the molecule is CC1(C)CC[C@]2(C(=O)NCCCC(=O)O)CC[C@]3(C)C(=CC[C@@H]4[C@@]5(C)CC[C@H](OC(=O)c6ccccc6C(=O)O)C(C)(C)[C@@H]5CC[C@]43C)[C@@H]2C1. The van der Waals surface area contributed by atoms with Crippen molar-refractivity contribution in [2.75, 3.05) is 6.54 Å². The zero-order valence-corrected chi connectivity index (χ0v) is 31.3. The number of ether oxygens (including phenoxy) is 1. The van der Waals surface area contributed by atoms with Crippen LogP contribution in [0.2, 0.25) is 0 Å². The fourth-order valence-corrected chi connectivity index (χ4v) is 12.5. The summed E-state index contributed by atoms with van der Waals surface area (Å²) >= 11 is 0. The largest absolute Gasteiger partial charge is 0.481 e. The Balaban J connectivity index is 1.28. The second kappa shape index (κ2) is 12.5. The minimum absolute atomic E-state index is 0.0315. The van der Waals surface area contributed by atoms with Crippen molar-refractivity contribution in [2.45, 2.75) is 132 Å². The number of hydrogen-bond donors (Lipinski definition) is 3. The molecule has 1 aromatic carbocycles. The van der Waals surface area contributed by atoms with Gasteiger partial charge in [-0.05, 0) is 122 Å². The Morgan fingerprint density at radius 3 is 2.20 bits per heavy atom. The summed E-state index contributed by atoms with van der Waals surface area (Å²) in [6.45, 7) is 17.1. The molecule has 4 saturated carbocycles. The molecule has 0 radical (unpaired) electrons. The third-order valence-electron chi connectivity index (χ3n) is 15.5. The lowest BCUT2D eigenvalue weighted by molar-refractivity contribution is -0.204. The molecule has 3 N–H and O–H groups in total. The highest BCUT2D eigenvalue weighted by molar-refractivity contribution is 6.02. The van der Waals surface area contributed by atoms with E-state index in [1.165, 1.54) is 11.6 Å². The smallest absolute Gasteiger partial charge is 0.339 e. The van der Waals surface area contributed by atoms with E-state index < -0.39 is 23.3 Å². The van der Waals surface area contributed by atoms with E-state index in [4.69, 9.17) is 9.84 Å². The molecule has 6 rings (SSSR count). The van der Waals surface area contributed by atoms with Crippen LogP contribution < -0.4 is 5.32 Å². The first-order valence-electron chi connectivity index (χ1n) is 19.1. The molecule has 0 heterocycles. The third kappa shape index (κ3) is 5.62. The lowest BCUT2D eigenvalue weighted by Gasteiger charge is -2.71. The molecule has 0 unspecified atom stereocenters. The number of nitrogens with one attached hydrogen (secondary N) is 1. The standard InChI is InChI=1S/C42H59NO7/c1-37(2)20-22-42(36(49)43-24-10-13-33(44)45)23-21-40(6)28(29(42)25-37)14-15-31-39(5)18-17-32(38(3,4)30(39)16-19-41(31,40)7)50-35(48)27-12-9-8-11-26(27)34(46)47/h8-9,11-12,14,29-32H,10,13,15-25H2,1-7H3,(H,43,49)(H,44,45)(H,46,47)/t29-,30-,31+,32-,39-,40+,41+,42-/m0/s1. The summed E-state index contributed by atoms with van der Waals surface area (Å²) in [7, 11) is 0. The predicted octanol–water partition coefficient (Wildman–Crippen LogP) is 8.69. The van der Waals surface area contributed by atoms with Crippen molar-refractivity contribution < 1.29 is 34.1 Å². The van der Waals surface area contributed by atoms with E-state index in [-0.39, 0.29) is 62.6 Å². The van der Waals surface area contributed by atoms with Gasteiger partial charge in [-0.15, -0.1) is 0 Å². The van der Waals surface area contributed by atoms with E-state index in [2.05, 4.69) is 59.9 Å². The Hall–Kier alpha value is -3.16. The van der Waals surface area contributed by atoms with Gasteiger partial charge in [0, 0.05) is 18.4 Å². The number of aromatic carboxylic acids is 1. The fourth-order valence-electron chi connectivity index (χ4n) is 12.5. The van der Waals surface area contributed by atoms with Crippen LogP contribution in [0.1, 0.15) is 146 Å². The van der Waals surface area contributed by atoms with E-state index in [9.17, 15) is 24.3 Å². The van der Waals surface area contributed by atoms with Crippen LogP contribution in [0.15, 0.2) is 35.9 Å². The molecule has 1 amide bonds. The molecule has 5 aliphatic rings. The summed E-state index contributed by atoms with van der Waals surface area (Å²) in [5.41, 5.74) is 1.02. The first-order valence-corrected chi connectivity index (χ1v) is 19.1. The molecule has 274 valence electrons. The quantitative estimate of drug-likeness (QED) is 0.141. The molecule has 0 saturated heterocycles. The van der Waals surface area contributed by atoms with Gasteiger partial charge in [0.25, 0.3) is 0 Å². The van der Waals surface area contributed by atoms with Gasteiger partial charge in [-0.2, -0.15) is 0 Å². The summed E-state index contributed by atoms with van der Waals surface area (Å²) in [5.74, 6) is -1.45. The number of fused-ring (bicyclic) bond motifs is 7. The highest BCUT2D eigenvalue weighted by atomic mass is 16.5. The molecule has 0 spiro atoms. The average Bonchev–Trinajstić information content (AvgIpc) is 3.04. The topological polar surface area (TPSA) is 130 Å². The van der Waals surface area contributed by atoms with Gasteiger partial charge >= 0.3 is 17.9 Å². The minimum atomic E-state index is -1.13. The zero-order chi connectivity index (χ0) is 36.5.